The van der Waals surface area contributed by atoms with Crippen molar-refractivity contribution in [1.29, 1.82) is 0 Å². The number of nitrogens with one attached hydrogen (secondary N) is 1. The first-order valence-electron chi connectivity index (χ1n) is 9.25. The van der Waals surface area contributed by atoms with Crippen LogP contribution in [0.15, 0.2) is 18.2 Å². The molecule has 0 bridgehead atoms. The van der Waals surface area contributed by atoms with E-state index in [-0.39, 0.29) is 17.2 Å². The Labute approximate surface area is 167 Å². The van der Waals surface area contributed by atoms with Crippen molar-refractivity contribution in [3.8, 4) is 0 Å². The van der Waals surface area contributed by atoms with Crippen molar-refractivity contribution < 1.29 is 4.79 Å². The number of nitrogens with zero attached hydrogens (tertiary/aromatic N) is 2. The van der Waals surface area contributed by atoms with Gasteiger partial charge >= 0.3 is 0 Å². The molecule has 146 valence electrons. The van der Waals surface area contributed by atoms with E-state index in [0.717, 1.165) is 44.6 Å². The van der Waals surface area contributed by atoms with Gasteiger partial charge in [-0.1, -0.05) is 43.1 Å². The van der Waals surface area contributed by atoms with Crippen molar-refractivity contribution in [2.75, 3.05) is 40.3 Å². The summed E-state index contributed by atoms with van der Waals surface area (Å²) in [6.45, 7) is 8.75. The first-order chi connectivity index (χ1) is 12.2. The molecule has 1 N–H and O–H groups in total. The number of likely N-dealkylation sites (tertiary alicyclic amines) is 1. The minimum Gasteiger partial charge on any atom is -0.355 e. The van der Waals surface area contributed by atoms with Crippen LogP contribution in [0.25, 0.3) is 0 Å². The third-order valence-corrected chi connectivity index (χ3v) is 5.57. The predicted molar refractivity (Wildman–Crippen MR) is 110 cm³/mol. The highest BCUT2D eigenvalue weighted by atomic mass is 35.5. The molecule has 0 aliphatic carbocycles. The molecule has 26 heavy (non-hydrogen) atoms. The molecule has 6 heteroatoms. The number of rotatable bonds is 7. The van der Waals surface area contributed by atoms with Crippen LogP contribution in [0.4, 0.5) is 0 Å². The summed E-state index contributed by atoms with van der Waals surface area (Å²) in [7, 11) is 4.13. The van der Waals surface area contributed by atoms with E-state index < -0.39 is 0 Å². The van der Waals surface area contributed by atoms with Gasteiger partial charge in [0, 0.05) is 25.6 Å². The van der Waals surface area contributed by atoms with Crippen molar-refractivity contribution in [3.63, 3.8) is 0 Å². The molecule has 0 aromatic heterocycles. The van der Waals surface area contributed by atoms with E-state index >= 15 is 0 Å². The Morgan fingerprint density at radius 2 is 1.88 bits per heavy atom. The second kappa shape index (κ2) is 9.41. The van der Waals surface area contributed by atoms with E-state index in [2.05, 4.69) is 43.1 Å². The van der Waals surface area contributed by atoms with Crippen LogP contribution < -0.4 is 5.32 Å². The zero-order chi connectivity index (χ0) is 19.3. The molecule has 2 rings (SSSR count). The molecule has 0 unspecified atom stereocenters. The van der Waals surface area contributed by atoms with E-state index in [9.17, 15) is 4.79 Å². The lowest BCUT2D eigenvalue weighted by Gasteiger charge is -2.33. The zero-order valence-corrected chi connectivity index (χ0v) is 17.8. The van der Waals surface area contributed by atoms with Crippen LogP contribution in [-0.2, 0) is 11.3 Å². The summed E-state index contributed by atoms with van der Waals surface area (Å²) < 4.78 is 0. The number of carbonyl (C=O) groups excluding carboxylic acids is 1. The SMILES string of the molecule is CN(C)CC(C)(C)CNC(=O)C1CCN(Cc2ccc(Cl)c(Cl)c2)CC1. The summed E-state index contributed by atoms with van der Waals surface area (Å²) in [6.07, 6.45) is 1.81. The molecule has 1 amide bonds. The topological polar surface area (TPSA) is 35.6 Å². The molecule has 0 atom stereocenters. The summed E-state index contributed by atoms with van der Waals surface area (Å²) in [6, 6.07) is 5.78. The number of hydrogen-bond donors (Lipinski definition) is 1. The monoisotopic (exact) mass is 399 g/mol. The number of hydrogen-bond acceptors (Lipinski definition) is 3. The van der Waals surface area contributed by atoms with E-state index in [0.29, 0.717) is 16.6 Å². The van der Waals surface area contributed by atoms with Gasteiger partial charge in [0.05, 0.1) is 10.0 Å². The lowest BCUT2D eigenvalue weighted by atomic mass is 9.91. The number of amides is 1. The van der Waals surface area contributed by atoms with Gasteiger partial charge in [-0.25, -0.2) is 0 Å². The molecule has 1 saturated heterocycles. The van der Waals surface area contributed by atoms with Gasteiger partial charge in [0.2, 0.25) is 5.91 Å². The highest BCUT2D eigenvalue weighted by molar-refractivity contribution is 6.42. The quantitative estimate of drug-likeness (QED) is 0.754. The normalized spacial score (nSPS) is 16.9. The Balaban J connectivity index is 1.76. The molecule has 1 fully saturated rings. The first-order valence-corrected chi connectivity index (χ1v) is 10.0. The molecule has 1 aromatic carbocycles. The minimum atomic E-state index is 0.0771. The number of carbonyl (C=O) groups is 1. The molecular weight excluding hydrogens is 369 g/mol. The maximum atomic E-state index is 12.5. The molecule has 1 aliphatic rings. The van der Waals surface area contributed by atoms with Crippen LogP contribution in [-0.4, -0.2) is 56.0 Å². The summed E-state index contributed by atoms with van der Waals surface area (Å²) in [4.78, 5) is 17.0. The van der Waals surface area contributed by atoms with Crippen LogP contribution in [0.3, 0.4) is 0 Å². The maximum Gasteiger partial charge on any atom is 0.223 e. The lowest BCUT2D eigenvalue weighted by Crippen LogP contribution is -2.44. The van der Waals surface area contributed by atoms with Gasteiger partial charge < -0.3 is 10.2 Å². The summed E-state index contributed by atoms with van der Waals surface area (Å²) in [5.41, 5.74) is 1.24. The molecule has 1 aliphatic heterocycles. The average molecular weight is 400 g/mol. The van der Waals surface area contributed by atoms with Gasteiger partial charge in [0.1, 0.15) is 0 Å². The van der Waals surface area contributed by atoms with Crippen LogP contribution in [0.5, 0.6) is 0 Å². The van der Waals surface area contributed by atoms with Gasteiger partial charge in [-0.2, -0.15) is 0 Å². The standard InChI is InChI=1S/C20H31Cl2N3O/c1-20(2,14-24(3)4)13-23-19(26)16-7-9-25(10-8-16)12-15-5-6-17(21)18(22)11-15/h5-6,11,16H,7-10,12-14H2,1-4H3,(H,23,26). The molecule has 0 saturated carbocycles. The zero-order valence-electron chi connectivity index (χ0n) is 16.3. The molecule has 0 radical (unpaired) electrons. The fourth-order valence-corrected chi connectivity index (χ4v) is 3.95. The fraction of sp³-hybridized carbons (Fsp3) is 0.650. The van der Waals surface area contributed by atoms with Gasteiger partial charge in [0.25, 0.3) is 0 Å². The Hall–Kier alpha value is -0.810. The lowest BCUT2D eigenvalue weighted by molar-refractivity contribution is -0.127. The van der Waals surface area contributed by atoms with E-state index in [1.165, 1.54) is 0 Å². The van der Waals surface area contributed by atoms with Crippen LogP contribution in [0.2, 0.25) is 10.0 Å². The first kappa shape index (κ1) is 21.5. The average Bonchev–Trinajstić information content (AvgIpc) is 2.56. The van der Waals surface area contributed by atoms with Gasteiger partial charge in [-0.15, -0.1) is 0 Å². The van der Waals surface area contributed by atoms with Gasteiger partial charge in [-0.3, -0.25) is 9.69 Å². The van der Waals surface area contributed by atoms with Crippen molar-refractivity contribution in [2.24, 2.45) is 11.3 Å². The summed E-state index contributed by atoms with van der Waals surface area (Å²) in [5.74, 6) is 0.321. The third-order valence-electron chi connectivity index (χ3n) is 4.83. The largest absolute Gasteiger partial charge is 0.355 e. The summed E-state index contributed by atoms with van der Waals surface area (Å²) >= 11 is 12.1. The predicted octanol–water partition coefficient (Wildman–Crippen LogP) is 3.91. The smallest absolute Gasteiger partial charge is 0.223 e. The van der Waals surface area contributed by atoms with Crippen molar-refractivity contribution in [3.05, 3.63) is 33.8 Å². The van der Waals surface area contributed by atoms with Crippen molar-refractivity contribution in [1.82, 2.24) is 15.1 Å². The van der Waals surface area contributed by atoms with Crippen molar-refractivity contribution in [2.45, 2.75) is 33.2 Å². The third kappa shape index (κ3) is 6.73. The number of benzene rings is 1. The minimum absolute atomic E-state index is 0.0771. The van der Waals surface area contributed by atoms with E-state index in [4.69, 9.17) is 23.2 Å². The van der Waals surface area contributed by atoms with E-state index in [1.807, 2.05) is 18.2 Å². The van der Waals surface area contributed by atoms with Crippen LogP contribution >= 0.6 is 23.2 Å². The Kier molecular flexibility index (Phi) is 7.77. The van der Waals surface area contributed by atoms with Gasteiger partial charge in [-0.05, 0) is 63.1 Å². The fourth-order valence-electron chi connectivity index (χ4n) is 3.63. The molecule has 4 nitrogen and oxygen atoms in total. The Morgan fingerprint density at radius 1 is 1.23 bits per heavy atom. The molecule has 1 aromatic rings. The van der Waals surface area contributed by atoms with Gasteiger partial charge in [0.15, 0.2) is 0 Å². The van der Waals surface area contributed by atoms with E-state index in [1.54, 1.807) is 0 Å². The molecule has 1 heterocycles. The molecule has 0 spiro atoms. The van der Waals surface area contributed by atoms with Crippen LogP contribution in [0.1, 0.15) is 32.3 Å². The Bertz CT molecular complexity index is 611. The Morgan fingerprint density at radius 3 is 2.46 bits per heavy atom. The highest BCUT2D eigenvalue weighted by Gasteiger charge is 2.27. The number of halogens is 2. The summed E-state index contributed by atoms with van der Waals surface area (Å²) in [5, 5.41) is 4.34. The maximum absolute atomic E-state index is 12.5. The van der Waals surface area contributed by atoms with Crippen LogP contribution in [0, 0.1) is 11.3 Å². The number of piperidine rings is 1. The second-order valence-corrected chi connectivity index (χ2v) is 9.23. The molecular formula is C20H31Cl2N3O. The second-order valence-electron chi connectivity index (χ2n) is 8.42. The van der Waals surface area contributed by atoms with Crippen molar-refractivity contribution >= 4 is 29.1 Å². The highest BCUT2D eigenvalue weighted by Crippen LogP contribution is 2.25.